The average molecular weight is 358 g/mol. The molecule has 0 saturated carbocycles. The van der Waals surface area contributed by atoms with Crippen LogP contribution in [0.1, 0.15) is 61.0 Å². The lowest BCUT2D eigenvalue weighted by Gasteiger charge is -2.32. The van der Waals surface area contributed by atoms with Gasteiger partial charge in [-0.25, -0.2) is 0 Å². The zero-order chi connectivity index (χ0) is 19.4. The number of hydrogen-bond donors (Lipinski definition) is 0. The molecule has 0 bridgehead atoms. The van der Waals surface area contributed by atoms with E-state index in [-0.39, 0.29) is 42.4 Å². The molecule has 2 fully saturated rings. The Morgan fingerprint density at radius 2 is 1.00 bits per heavy atom. The zero-order valence-electron chi connectivity index (χ0n) is 17.5. The second-order valence-electron chi connectivity index (χ2n) is 9.60. The van der Waals surface area contributed by atoms with Gasteiger partial charge in [0, 0.05) is 5.72 Å². The van der Waals surface area contributed by atoms with E-state index in [1.54, 1.807) is 0 Å². The van der Waals surface area contributed by atoms with Crippen LogP contribution in [0.2, 0.25) is 5.72 Å². The Morgan fingerprint density at radius 3 is 1.35 bits per heavy atom. The van der Waals surface area contributed by atoms with Gasteiger partial charge in [-0.05, 0) is 67.4 Å². The van der Waals surface area contributed by atoms with Gasteiger partial charge < -0.3 is 18.6 Å². The zero-order valence-corrected chi connectivity index (χ0v) is 17.5. The SMILES string of the molecule is CC1(C)OB(C(Cc2ccccc2)B2OC(C)(C)C(C)(C)O2)OC1(C)C. The molecule has 1 aromatic carbocycles. The topological polar surface area (TPSA) is 36.9 Å². The Bertz CT molecular complexity index is 574. The van der Waals surface area contributed by atoms with Crippen LogP contribution in [0.3, 0.4) is 0 Å². The minimum absolute atomic E-state index is 0.0560. The number of benzene rings is 1. The Labute approximate surface area is 159 Å². The largest absolute Gasteiger partial charge is 0.459 e. The van der Waals surface area contributed by atoms with Crippen molar-refractivity contribution in [2.24, 2.45) is 0 Å². The smallest absolute Gasteiger partial charge is 0.403 e. The monoisotopic (exact) mass is 358 g/mol. The van der Waals surface area contributed by atoms with Crippen LogP contribution in [0.25, 0.3) is 0 Å². The summed E-state index contributed by atoms with van der Waals surface area (Å²) in [5.41, 5.74) is -0.347. The minimum atomic E-state index is -0.380. The summed E-state index contributed by atoms with van der Waals surface area (Å²) in [6.07, 6.45) is 0.772. The van der Waals surface area contributed by atoms with Crippen molar-refractivity contribution < 1.29 is 18.6 Å². The van der Waals surface area contributed by atoms with Crippen LogP contribution in [-0.2, 0) is 25.0 Å². The summed E-state index contributed by atoms with van der Waals surface area (Å²) >= 11 is 0. The lowest BCUT2D eigenvalue weighted by atomic mass is 9.49. The molecule has 1 aromatic rings. The number of rotatable bonds is 4. The molecule has 0 aliphatic carbocycles. The van der Waals surface area contributed by atoms with Crippen molar-refractivity contribution >= 4 is 14.2 Å². The highest BCUT2D eigenvalue weighted by atomic mass is 16.7. The van der Waals surface area contributed by atoms with E-state index in [9.17, 15) is 0 Å². The first-order chi connectivity index (χ1) is 11.8. The molecule has 0 amide bonds. The molecule has 0 N–H and O–H groups in total. The third-order valence-corrected chi connectivity index (χ3v) is 6.56. The lowest BCUT2D eigenvalue weighted by Crippen LogP contribution is -2.41. The normalized spacial score (nSPS) is 25.9. The van der Waals surface area contributed by atoms with Crippen molar-refractivity contribution in [3.8, 4) is 0 Å². The van der Waals surface area contributed by atoms with E-state index >= 15 is 0 Å². The molecule has 4 nitrogen and oxygen atoms in total. The van der Waals surface area contributed by atoms with E-state index in [0.29, 0.717) is 0 Å². The van der Waals surface area contributed by atoms with Gasteiger partial charge >= 0.3 is 14.2 Å². The first kappa shape index (κ1) is 19.9. The Hall–Kier alpha value is -0.810. The fraction of sp³-hybridized carbons (Fsp3) is 0.700. The minimum Gasteiger partial charge on any atom is -0.403 e. The van der Waals surface area contributed by atoms with Crippen LogP contribution < -0.4 is 0 Å². The Balaban J connectivity index is 1.89. The summed E-state index contributed by atoms with van der Waals surface area (Å²) in [7, 11) is -0.759. The molecule has 2 heterocycles. The van der Waals surface area contributed by atoms with Gasteiger partial charge in [0.25, 0.3) is 0 Å². The maximum absolute atomic E-state index is 6.36. The van der Waals surface area contributed by atoms with Gasteiger partial charge in [0.05, 0.1) is 22.4 Å². The summed E-state index contributed by atoms with van der Waals surface area (Å²) in [5.74, 6) is 0. The van der Waals surface area contributed by atoms with Gasteiger partial charge in [-0.2, -0.15) is 0 Å². The van der Waals surface area contributed by atoms with Crippen LogP contribution in [0.15, 0.2) is 30.3 Å². The van der Waals surface area contributed by atoms with E-state index in [2.05, 4.69) is 79.7 Å². The standard InChI is InChI=1S/C20H32B2O4/c1-17(2)18(3,4)24-21(23-17)16(14-15-12-10-9-11-13-15)22-25-19(5,6)20(7,8)26-22/h9-13,16H,14H2,1-8H3. The highest BCUT2D eigenvalue weighted by Gasteiger charge is 2.61. The Kier molecular flexibility index (Phi) is 4.88. The molecule has 6 heteroatoms. The highest BCUT2D eigenvalue weighted by molar-refractivity contribution is 6.68. The van der Waals surface area contributed by atoms with E-state index in [1.807, 2.05) is 6.07 Å². The van der Waals surface area contributed by atoms with Crippen LogP contribution in [-0.4, -0.2) is 36.6 Å². The van der Waals surface area contributed by atoms with Crippen molar-refractivity contribution in [1.29, 1.82) is 0 Å². The van der Waals surface area contributed by atoms with Gasteiger partial charge in [-0.15, -0.1) is 0 Å². The van der Waals surface area contributed by atoms with Crippen LogP contribution in [0.5, 0.6) is 0 Å². The summed E-state index contributed by atoms with van der Waals surface area (Å²) in [4.78, 5) is 0. The first-order valence-electron chi connectivity index (χ1n) is 9.60. The van der Waals surface area contributed by atoms with Gasteiger partial charge in [0.2, 0.25) is 0 Å². The molecule has 0 radical (unpaired) electrons. The summed E-state index contributed by atoms with van der Waals surface area (Å²) in [6, 6.07) is 10.4. The van der Waals surface area contributed by atoms with Crippen molar-refractivity contribution in [2.75, 3.05) is 0 Å². The molecule has 2 saturated heterocycles. The molecule has 3 rings (SSSR count). The molecule has 0 aromatic heterocycles. The van der Waals surface area contributed by atoms with E-state index in [4.69, 9.17) is 18.6 Å². The number of hydrogen-bond acceptors (Lipinski definition) is 4. The van der Waals surface area contributed by atoms with Gasteiger partial charge in [-0.1, -0.05) is 30.3 Å². The quantitative estimate of drug-likeness (QED) is 0.752. The van der Waals surface area contributed by atoms with E-state index in [1.165, 1.54) is 5.56 Å². The second kappa shape index (κ2) is 6.37. The molecule has 26 heavy (non-hydrogen) atoms. The second-order valence-corrected chi connectivity index (χ2v) is 9.60. The van der Waals surface area contributed by atoms with E-state index in [0.717, 1.165) is 6.42 Å². The molecule has 142 valence electrons. The van der Waals surface area contributed by atoms with Crippen molar-refractivity contribution in [2.45, 2.75) is 89.9 Å². The fourth-order valence-corrected chi connectivity index (χ4v) is 3.33. The predicted octanol–water partition coefficient (Wildman–Crippen LogP) is 4.32. The third-order valence-electron chi connectivity index (χ3n) is 6.56. The maximum atomic E-state index is 6.36. The maximum Gasteiger partial charge on any atom is 0.459 e. The lowest BCUT2D eigenvalue weighted by molar-refractivity contribution is 0.00578. The van der Waals surface area contributed by atoms with Crippen molar-refractivity contribution in [3.63, 3.8) is 0 Å². The van der Waals surface area contributed by atoms with Crippen LogP contribution >= 0.6 is 0 Å². The third kappa shape index (κ3) is 3.49. The molecule has 0 atom stereocenters. The van der Waals surface area contributed by atoms with Crippen molar-refractivity contribution in [3.05, 3.63) is 35.9 Å². The Morgan fingerprint density at radius 1 is 0.654 bits per heavy atom. The van der Waals surface area contributed by atoms with Crippen LogP contribution in [0, 0.1) is 0 Å². The first-order valence-corrected chi connectivity index (χ1v) is 9.60. The summed E-state index contributed by atoms with van der Waals surface area (Å²) in [5, 5.41) is 0. The molecule has 2 aliphatic rings. The summed E-state index contributed by atoms with van der Waals surface area (Å²) < 4.78 is 25.5. The van der Waals surface area contributed by atoms with Crippen LogP contribution in [0.4, 0.5) is 0 Å². The van der Waals surface area contributed by atoms with Crippen molar-refractivity contribution in [1.82, 2.24) is 0 Å². The molecule has 0 unspecified atom stereocenters. The van der Waals surface area contributed by atoms with E-state index < -0.39 is 0 Å². The van der Waals surface area contributed by atoms with Gasteiger partial charge in [-0.3, -0.25) is 0 Å². The highest BCUT2D eigenvalue weighted by Crippen LogP contribution is 2.46. The van der Waals surface area contributed by atoms with Gasteiger partial charge in [0.1, 0.15) is 0 Å². The average Bonchev–Trinajstić information content (AvgIpc) is 2.85. The summed E-state index contributed by atoms with van der Waals surface area (Å²) in [6.45, 7) is 16.6. The van der Waals surface area contributed by atoms with Gasteiger partial charge in [0.15, 0.2) is 0 Å². The fourth-order valence-electron chi connectivity index (χ4n) is 3.33. The molecule has 2 aliphatic heterocycles. The molecular formula is C20H32B2O4. The predicted molar refractivity (Wildman–Crippen MR) is 106 cm³/mol. The molecule has 0 spiro atoms. The molecular weight excluding hydrogens is 326 g/mol.